The molecule has 21 heavy (non-hydrogen) atoms. The maximum absolute atomic E-state index is 10.7. The summed E-state index contributed by atoms with van der Waals surface area (Å²) in [6, 6.07) is 10.7. The molecule has 0 radical (unpaired) electrons. The van der Waals surface area contributed by atoms with Crippen molar-refractivity contribution in [3.63, 3.8) is 0 Å². The van der Waals surface area contributed by atoms with Crippen molar-refractivity contribution in [2.75, 3.05) is 26.7 Å². The first-order valence-corrected chi connectivity index (χ1v) is 7.70. The summed E-state index contributed by atoms with van der Waals surface area (Å²) in [6.45, 7) is 2.43. The second-order valence-corrected chi connectivity index (χ2v) is 5.84. The summed E-state index contributed by atoms with van der Waals surface area (Å²) < 4.78 is 5.62. The minimum Gasteiger partial charge on any atom is -0.492 e. The number of carbonyl (C=O) groups is 1. The van der Waals surface area contributed by atoms with Crippen LogP contribution in [-0.4, -0.2) is 42.7 Å². The van der Waals surface area contributed by atoms with Gasteiger partial charge in [-0.1, -0.05) is 6.07 Å². The number of carboxylic acids is 1. The molecule has 2 aromatic rings. The van der Waals surface area contributed by atoms with Crippen LogP contribution >= 0.6 is 11.3 Å². The standard InChI is InChI=1S/C16H19NO3S/c1-17(9-8-15-3-2-12-21-15)10-11-20-14-6-4-13(5-7-14)16(18)19/h2-7,12H,8-11H2,1H3,(H,18,19). The van der Waals surface area contributed by atoms with Crippen LogP contribution in [0, 0.1) is 0 Å². The molecule has 2 rings (SSSR count). The summed E-state index contributed by atoms with van der Waals surface area (Å²) in [4.78, 5) is 14.4. The van der Waals surface area contributed by atoms with Gasteiger partial charge in [0.1, 0.15) is 12.4 Å². The van der Waals surface area contributed by atoms with Gasteiger partial charge in [-0.3, -0.25) is 0 Å². The van der Waals surface area contributed by atoms with E-state index in [0.717, 1.165) is 19.5 Å². The molecule has 0 aliphatic heterocycles. The number of aromatic carboxylic acids is 1. The van der Waals surface area contributed by atoms with Gasteiger partial charge in [0, 0.05) is 18.0 Å². The molecule has 1 aromatic heterocycles. The van der Waals surface area contributed by atoms with Crippen LogP contribution in [0.15, 0.2) is 41.8 Å². The zero-order valence-corrected chi connectivity index (χ0v) is 12.8. The number of nitrogens with zero attached hydrogens (tertiary/aromatic N) is 1. The van der Waals surface area contributed by atoms with Crippen LogP contribution < -0.4 is 4.74 Å². The Bertz CT molecular complexity index is 551. The third-order valence-electron chi connectivity index (χ3n) is 3.16. The molecule has 4 nitrogen and oxygen atoms in total. The largest absolute Gasteiger partial charge is 0.492 e. The molecule has 0 aliphatic carbocycles. The minimum atomic E-state index is -0.921. The van der Waals surface area contributed by atoms with Crippen molar-refractivity contribution in [3.8, 4) is 5.75 Å². The molecule has 5 heteroatoms. The van der Waals surface area contributed by atoms with Gasteiger partial charge in [0.2, 0.25) is 0 Å². The Hall–Kier alpha value is -1.85. The van der Waals surface area contributed by atoms with E-state index in [-0.39, 0.29) is 5.56 Å². The Morgan fingerprint density at radius 1 is 1.24 bits per heavy atom. The van der Waals surface area contributed by atoms with E-state index < -0.39 is 5.97 Å². The Morgan fingerprint density at radius 2 is 2.00 bits per heavy atom. The molecular weight excluding hydrogens is 286 g/mol. The Labute approximate surface area is 128 Å². The molecule has 112 valence electrons. The number of thiophene rings is 1. The maximum Gasteiger partial charge on any atom is 0.335 e. The van der Waals surface area contributed by atoms with E-state index in [9.17, 15) is 4.79 Å². The summed E-state index contributed by atoms with van der Waals surface area (Å²) in [7, 11) is 2.07. The summed E-state index contributed by atoms with van der Waals surface area (Å²) in [5.41, 5.74) is 0.274. The van der Waals surface area contributed by atoms with Crippen LogP contribution in [0.5, 0.6) is 5.75 Å². The molecule has 1 heterocycles. The van der Waals surface area contributed by atoms with Gasteiger partial charge in [0.25, 0.3) is 0 Å². The second kappa shape index (κ2) is 7.81. The SMILES string of the molecule is CN(CCOc1ccc(C(=O)O)cc1)CCc1cccs1. The lowest BCUT2D eigenvalue weighted by molar-refractivity contribution is 0.0697. The third kappa shape index (κ3) is 5.21. The predicted octanol–water partition coefficient (Wildman–Crippen LogP) is 3.00. The molecule has 0 saturated heterocycles. The van der Waals surface area contributed by atoms with E-state index in [4.69, 9.17) is 9.84 Å². The van der Waals surface area contributed by atoms with Crippen LogP contribution in [0.1, 0.15) is 15.2 Å². The highest BCUT2D eigenvalue weighted by Gasteiger charge is 2.03. The van der Waals surface area contributed by atoms with Gasteiger partial charge in [0.15, 0.2) is 0 Å². The minimum absolute atomic E-state index is 0.274. The summed E-state index contributed by atoms with van der Waals surface area (Å²) in [5, 5.41) is 10.9. The van der Waals surface area contributed by atoms with Crippen molar-refractivity contribution in [2.24, 2.45) is 0 Å². The third-order valence-corrected chi connectivity index (χ3v) is 4.10. The highest BCUT2D eigenvalue weighted by atomic mass is 32.1. The van der Waals surface area contributed by atoms with Crippen molar-refractivity contribution in [1.82, 2.24) is 4.90 Å². The number of hydrogen-bond donors (Lipinski definition) is 1. The summed E-state index contributed by atoms with van der Waals surface area (Å²) in [6.07, 6.45) is 1.06. The molecular formula is C16H19NO3S. The number of rotatable bonds is 8. The van der Waals surface area contributed by atoms with Crippen LogP contribution in [0.4, 0.5) is 0 Å². The van der Waals surface area contributed by atoms with Gasteiger partial charge in [-0.15, -0.1) is 11.3 Å². The van der Waals surface area contributed by atoms with Crippen molar-refractivity contribution >= 4 is 17.3 Å². The average Bonchev–Trinajstić information content (AvgIpc) is 2.99. The van der Waals surface area contributed by atoms with Gasteiger partial charge in [-0.05, 0) is 49.2 Å². The molecule has 0 aliphatic rings. The van der Waals surface area contributed by atoms with Gasteiger partial charge in [0.05, 0.1) is 5.56 Å². The Kier molecular flexibility index (Phi) is 5.78. The molecule has 1 aromatic carbocycles. The fourth-order valence-electron chi connectivity index (χ4n) is 1.88. The van der Waals surface area contributed by atoms with Crippen molar-refractivity contribution in [2.45, 2.75) is 6.42 Å². The number of carboxylic acid groups (broad SMARTS) is 1. The van der Waals surface area contributed by atoms with Crippen LogP contribution in [0.3, 0.4) is 0 Å². The van der Waals surface area contributed by atoms with E-state index in [1.54, 1.807) is 35.6 Å². The zero-order chi connectivity index (χ0) is 15.1. The molecule has 0 bridgehead atoms. The number of likely N-dealkylation sites (N-methyl/N-ethyl adjacent to an activating group) is 1. The first-order chi connectivity index (χ1) is 10.1. The lowest BCUT2D eigenvalue weighted by atomic mass is 10.2. The lowest BCUT2D eigenvalue weighted by Crippen LogP contribution is -2.26. The summed E-state index contributed by atoms with van der Waals surface area (Å²) in [5.74, 6) is -0.221. The molecule has 0 unspecified atom stereocenters. The van der Waals surface area contributed by atoms with Crippen LogP contribution in [0.25, 0.3) is 0 Å². The van der Waals surface area contributed by atoms with E-state index in [2.05, 4.69) is 29.5 Å². The normalized spacial score (nSPS) is 10.8. The van der Waals surface area contributed by atoms with Gasteiger partial charge < -0.3 is 14.7 Å². The summed E-state index contributed by atoms with van der Waals surface area (Å²) >= 11 is 1.78. The molecule has 0 saturated carbocycles. The van der Waals surface area contributed by atoms with E-state index in [1.165, 1.54) is 4.88 Å². The van der Waals surface area contributed by atoms with Crippen LogP contribution in [0.2, 0.25) is 0 Å². The number of ether oxygens (including phenoxy) is 1. The van der Waals surface area contributed by atoms with Crippen molar-refractivity contribution < 1.29 is 14.6 Å². The van der Waals surface area contributed by atoms with Crippen molar-refractivity contribution in [1.29, 1.82) is 0 Å². The second-order valence-electron chi connectivity index (χ2n) is 4.81. The molecule has 1 N–H and O–H groups in total. The highest BCUT2D eigenvalue weighted by molar-refractivity contribution is 7.09. The fourth-order valence-corrected chi connectivity index (χ4v) is 2.58. The Balaban J connectivity index is 1.67. The van der Waals surface area contributed by atoms with Gasteiger partial charge >= 0.3 is 5.97 Å². The highest BCUT2D eigenvalue weighted by Crippen LogP contribution is 2.12. The zero-order valence-electron chi connectivity index (χ0n) is 12.0. The topological polar surface area (TPSA) is 49.8 Å². The molecule has 0 spiro atoms. The first kappa shape index (κ1) is 15.5. The number of hydrogen-bond acceptors (Lipinski definition) is 4. The average molecular weight is 305 g/mol. The lowest BCUT2D eigenvalue weighted by Gasteiger charge is -2.16. The van der Waals surface area contributed by atoms with E-state index >= 15 is 0 Å². The quantitative estimate of drug-likeness (QED) is 0.814. The number of benzene rings is 1. The van der Waals surface area contributed by atoms with Crippen molar-refractivity contribution in [3.05, 3.63) is 52.2 Å². The van der Waals surface area contributed by atoms with Gasteiger partial charge in [-0.2, -0.15) is 0 Å². The first-order valence-electron chi connectivity index (χ1n) is 6.82. The smallest absolute Gasteiger partial charge is 0.335 e. The Morgan fingerprint density at radius 3 is 2.62 bits per heavy atom. The maximum atomic E-state index is 10.7. The molecule has 0 atom stereocenters. The molecule has 0 amide bonds. The van der Waals surface area contributed by atoms with E-state index in [1.807, 2.05) is 0 Å². The fraction of sp³-hybridized carbons (Fsp3) is 0.312. The molecule has 0 fully saturated rings. The van der Waals surface area contributed by atoms with Gasteiger partial charge in [-0.25, -0.2) is 4.79 Å². The monoisotopic (exact) mass is 305 g/mol. The van der Waals surface area contributed by atoms with E-state index in [0.29, 0.717) is 12.4 Å². The van der Waals surface area contributed by atoms with Crippen LogP contribution in [-0.2, 0) is 6.42 Å². The predicted molar refractivity (Wildman–Crippen MR) is 84.4 cm³/mol.